The maximum Gasteiger partial charge on any atom is 0.230 e. The maximum absolute atomic E-state index is 13.9. The van der Waals surface area contributed by atoms with Crippen LogP contribution >= 0.6 is 0 Å². The first kappa shape index (κ1) is 27.3. The Bertz CT molecular complexity index is 1500. The highest BCUT2D eigenvalue weighted by Crippen LogP contribution is 2.34. The van der Waals surface area contributed by atoms with Crippen molar-refractivity contribution in [2.45, 2.75) is 38.6 Å². The van der Waals surface area contributed by atoms with E-state index in [2.05, 4.69) is 42.6 Å². The Morgan fingerprint density at radius 3 is 2.88 bits per heavy atom. The summed E-state index contributed by atoms with van der Waals surface area (Å²) in [5.41, 5.74) is 0.897. The third-order valence-electron chi connectivity index (χ3n) is 6.91. The van der Waals surface area contributed by atoms with Crippen LogP contribution in [0.4, 0.5) is 26.1 Å². The summed E-state index contributed by atoms with van der Waals surface area (Å²) in [5.74, 6) is -0.609. The first-order chi connectivity index (χ1) is 19.4. The Kier molecular flexibility index (Phi) is 8.34. The highest BCUT2D eigenvalue weighted by atomic mass is 19.2. The molecule has 0 spiro atoms. The average molecular weight is 552 g/mol. The number of likely N-dealkylation sites (tertiary alicyclic amines) is 1. The number of nitrogens with one attached hydrogen (secondary N) is 3. The van der Waals surface area contributed by atoms with Gasteiger partial charge in [-0.25, -0.2) is 18.7 Å². The van der Waals surface area contributed by atoms with Crippen LogP contribution in [0.1, 0.15) is 31.9 Å². The van der Waals surface area contributed by atoms with Crippen molar-refractivity contribution in [2.75, 3.05) is 37.4 Å². The molecule has 0 bridgehead atoms. The van der Waals surface area contributed by atoms with E-state index < -0.39 is 17.5 Å². The van der Waals surface area contributed by atoms with Crippen molar-refractivity contribution < 1.29 is 23.0 Å². The summed E-state index contributed by atoms with van der Waals surface area (Å²) in [6.07, 6.45) is 4.73. The fourth-order valence-corrected chi connectivity index (χ4v) is 4.82. The summed E-state index contributed by atoms with van der Waals surface area (Å²) in [5, 5.41) is 13.1. The number of H-pyrrole nitrogens is 1. The van der Waals surface area contributed by atoms with Crippen LogP contribution in [-0.4, -0.2) is 63.8 Å². The van der Waals surface area contributed by atoms with Crippen LogP contribution in [0.2, 0.25) is 0 Å². The lowest BCUT2D eigenvalue weighted by Crippen LogP contribution is -2.28. The zero-order chi connectivity index (χ0) is 28.1. The van der Waals surface area contributed by atoms with Crippen LogP contribution in [0.15, 0.2) is 42.7 Å². The second kappa shape index (κ2) is 12.2. The van der Waals surface area contributed by atoms with E-state index >= 15 is 0 Å². The van der Waals surface area contributed by atoms with E-state index in [1.165, 1.54) is 31.3 Å². The molecule has 210 valence electrons. The number of amides is 1. The number of anilines is 3. The predicted octanol–water partition coefficient (Wildman–Crippen LogP) is 4.82. The van der Waals surface area contributed by atoms with Crippen LogP contribution in [0.25, 0.3) is 10.9 Å². The molecule has 1 atom stereocenters. The van der Waals surface area contributed by atoms with E-state index in [0.29, 0.717) is 52.4 Å². The molecule has 12 heteroatoms. The Balaban J connectivity index is 1.23. The number of ether oxygens (including phenoxy) is 2. The smallest absolute Gasteiger partial charge is 0.230 e. The van der Waals surface area contributed by atoms with Crippen molar-refractivity contribution in [3.8, 4) is 11.5 Å². The van der Waals surface area contributed by atoms with Crippen molar-refractivity contribution in [3.63, 3.8) is 0 Å². The molecule has 1 aliphatic rings. The topological polar surface area (TPSA) is 117 Å². The molecule has 4 aromatic rings. The molecule has 0 radical (unpaired) electrons. The van der Waals surface area contributed by atoms with Gasteiger partial charge in [-0.15, -0.1) is 0 Å². The van der Waals surface area contributed by atoms with Gasteiger partial charge in [0.2, 0.25) is 5.91 Å². The van der Waals surface area contributed by atoms with Crippen LogP contribution in [0.5, 0.6) is 11.5 Å². The lowest BCUT2D eigenvalue weighted by Gasteiger charge is -2.21. The molecule has 0 aliphatic carbocycles. The molecule has 2 aromatic heterocycles. The highest BCUT2D eigenvalue weighted by molar-refractivity contribution is 5.93. The van der Waals surface area contributed by atoms with Crippen LogP contribution in [0, 0.1) is 11.6 Å². The molecule has 40 heavy (non-hydrogen) atoms. The van der Waals surface area contributed by atoms with Gasteiger partial charge in [-0.05, 0) is 50.9 Å². The minimum atomic E-state index is -1.11. The van der Waals surface area contributed by atoms with Gasteiger partial charge in [0.15, 0.2) is 29.0 Å². The summed E-state index contributed by atoms with van der Waals surface area (Å²) >= 11 is 0. The standard InChI is InChI=1S/C28H31F2N7O3/c1-17-6-4-9-37(17)10-5-11-40-24-15-22-19(14-23(24)39-2)28(32-16-31-22)34-25-12-18(35-36-25)13-26(38)33-21-8-3-7-20(29)27(21)30/h3,7-8,12,14-17H,4-6,9-11,13H2,1-2H3,(H,33,38)(H2,31,32,34,35,36)/t17-/m1/s1. The second-order valence-corrected chi connectivity index (χ2v) is 9.70. The fourth-order valence-electron chi connectivity index (χ4n) is 4.82. The molecule has 10 nitrogen and oxygen atoms in total. The first-order valence-corrected chi connectivity index (χ1v) is 13.2. The van der Waals surface area contributed by atoms with Crippen molar-refractivity contribution >= 4 is 34.1 Å². The molecule has 2 aromatic carbocycles. The van der Waals surface area contributed by atoms with Gasteiger partial charge in [-0.1, -0.05) is 6.07 Å². The number of halogens is 2. The number of aromatic nitrogens is 4. The first-order valence-electron chi connectivity index (χ1n) is 13.2. The second-order valence-electron chi connectivity index (χ2n) is 9.70. The Labute approximate surface area is 230 Å². The molecule has 0 saturated carbocycles. The summed E-state index contributed by atoms with van der Waals surface area (Å²) < 4.78 is 38.9. The number of hydrogen-bond donors (Lipinski definition) is 3. The monoisotopic (exact) mass is 551 g/mol. The number of aromatic amines is 1. The van der Waals surface area contributed by atoms with Crippen LogP contribution < -0.4 is 20.1 Å². The van der Waals surface area contributed by atoms with E-state index in [0.717, 1.165) is 25.6 Å². The third-order valence-corrected chi connectivity index (χ3v) is 6.91. The lowest BCUT2D eigenvalue weighted by molar-refractivity contribution is -0.115. The number of carbonyl (C=O) groups is 1. The normalized spacial score (nSPS) is 15.3. The molecule has 0 unspecified atom stereocenters. The number of fused-ring (bicyclic) bond motifs is 1. The molecule has 3 heterocycles. The largest absolute Gasteiger partial charge is 0.493 e. The van der Waals surface area contributed by atoms with Gasteiger partial charge in [0.1, 0.15) is 12.1 Å². The Morgan fingerprint density at radius 2 is 2.08 bits per heavy atom. The maximum atomic E-state index is 13.9. The third kappa shape index (κ3) is 6.28. The minimum absolute atomic E-state index is 0.125. The quantitative estimate of drug-likeness (QED) is 0.227. The molecule has 5 rings (SSSR count). The van der Waals surface area contributed by atoms with Crippen molar-refractivity contribution in [1.29, 1.82) is 0 Å². The number of benzene rings is 2. The summed E-state index contributed by atoms with van der Waals surface area (Å²) in [7, 11) is 1.58. The van der Waals surface area contributed by atoms with Crippen molar-refractivity contribution in [2.24, 2.45) is 0 Å². The van der Waals surface area contributed by atoms with Crippen molar-refractivity contribution in [1.82, 2.24) is 25.1 Å². The zero-order valence-electron chi connectivity index (χ0n) is 22.3. The SMILES string of the molecule is COc1cc2c(Nc3cc(CC(=O)Nc4cccc(F)c4F)[nH]n3)ncnc2cc1OCCCN1CCC[C@H]1C. The van der Waals surface area contributed by atoms with Gasteiger partial charge in [0.25, 0.3) is 0 Å². The lowest BCUT2D eigenvalue weighted by atomic mass is 10.2. The van der Waals surface area contributed by atoms with Gasteiger partial charge >= 0.3 is 0 Å². The number of methoxy groups -OCH3 is 1. The number of carbonyl (C=O) groups excluding carboxylic acids is 1. The molecule has 1 fully saturated rings. The van der Waals surface area contributed by atoms with Crippen molar-refractivity contribution in [3.05, 3.63) is 60.1 Å². The molecule has 1 aliphatic heterocycles. The fraction of sp³-hybridized carbons (Fsp3) is 0.357. The predicted molar refractivity (Wildman–Crippen MR) is 147 cm³/mol. The molecule has 1 amide bonds. The Morgan fingerprint density at radius 1 is 1.20 bits per heavy atom. The number of rotatable bonds is 11. The van der Waals surface area contributed by atoms with Gasteiger partial charge in [-0.2, -0.15) is 5.10 Å². The summed E-state index contributed by atoms with van der Waals surface area (Å²) in [6, 6.07) is 9.48. The molecular formula is C28H31F2N7O3. The summed E-state index contributed by atoms with van der Waals surface area (Å²) in [6.45, 7) is 4.98. The Hall–Kier alpha value is -4.32. The van der Waals surface area contributed by atoms with Gasteiger partial charge in [-0.3, -0.25) is 9.89 Å². The van der Waals surface area contributed by atoms with Gasteiger partial charge in [0.05, 0.1) is 31.3 Å². The van der Waals surface area contributed by atoms with Gasteiger partial charge in [0, 0.05) is 35.8 Å². The van der Waals surface area contributed by atoms with Gasteiger partial charge < -0.3 is 25.0 Å². The molecule has 1 saturated heterocycles. The zero-order valence-corrected chi connectivity index (χ0v) is 22.3. The average Bonchev–Trinajstić information content (AvgIpc) is 3.56. The number of nitrogens with zero attached hydrogens (tertiary/aromatic N) is 4. The van der Waals surface area contributed by atoms with E-state index in [1.54, 1.807) is 13.2 Å². The minimum Gasteiger partial charge on any atom is -0.493 e. The van der Waals surface area contributed by atoms with E-state index in [9.17, 15) is 13.6 Å². The van der Waals surface area contributed by atoms with Crippen LogP contribution in [-0.2, 0) is 11.2 Å². The highest BCUT2D eigenvalue weighted by Gasteiger charge is 2.19. The van der Waals surface area contributed by atoms with E-state index in [4.69, 9.17) is 9.47 Å². The molecule has 3 N–H and O–H groups in total. The van der Waals surface area contributed by atoms with Crippen LogP contribution in [0.3, 0.4) is 0 Å². The summed E-state index contributed by atoms with van der Waals surface area (Å²) in [4.78, 5) is 23.6. The van der Waals surface area contributed by atoms with E-state index in [-0.39, 0.29) is 12.1 Å². The number of hydrogen-bond acceptors (Lipinski definition) is 8. The van der Waals surface area contributed by atoms with E-state index in [1.807, 2.05) is 12.1 Å². The molecular weight excluding hydrogens is 520 g/mol.